The van der Waals surface area contributed by atoms with Crippen LogP contribution in [0.5, 0.6) is 5.75 Å². The van der Waals surface area contributed by atoms with E-state index in [1.807, 2.05) is 30.3 Å². The number of carboxylic acid groups (broad SMARTS) is 1. The highest BCUT2D eigenvalue weighted by atomic mass is 16.5. The number of hydrogen-bond donors (Lipinski definition) is 1. The molecule has 4 heteroatoms. The lowest BCUT2D eigenvalue weighted by molar-refractivity contribution is -0.145. The minimum atomic E-state index is -0.961. The Morgan fingerprint density at radius 1 is 1.20 bits per heavy atom. The molecule has 2 aromatic carbocycles. The Kier molecular flexibility index (Phi) is 3.06. The topological polar surface area (TPSA) is 59.7 Å². The summed E-state index contributed by atoms with van der Waals surface area (Å²) < 4.78 is 11.4. The molecule has 4 nitrogen and oxygen atoms in total. The van der Waals surface area contributed by atoms with E-state index >= 15 is 0 Å². The van der Waals surface area contributed by atoms with Crippen LogP contribution in [-0.2, 0) is 4.79 Å². The van der Waals surface area contributed by atoms with Crippen LogP contribution >= 0.6 is 0 Å². The lowest BCUT2D eigenvalue weighted by Crippen LogP contribution is -2.25. The van der Waals surface area contributed by atoms with Gasteiger partial charge in [-0.3, -0.25) is 0 Å². The molecule has 1 N–H and O–H groups in total. The molecule has 1 heterocycles. The third kappa shape index (κ3) is 1.99. The number of rotatable bonds is 4. The van der Waals surface area contributed by atoms with Crippen LogP contribution in [0, 0.1) is 0 Å². The lowest BCUT2D eigenvalue weighted by atomic mass is 10.1. The molecule has 0 saturated heterocycles. The smallest absolute Gasteiger partial charge is 0.344 e. The molecule has 1 unspecified atom stereocenters. The maximum Gasteiger partial charge on any atom is 0.344 e. The molecule has 0 spiro atoms. The Labute approximate surface area is 115 Å². The van der Waals surface area contributed by atoms with E-state index < -0.39 is 12.1 Å². The maximum absolute atomic E-state index is 11.1. The maximum atomic E-state index is 11.1. The van der Waals surface area contributed by atoms with Crippen LogP contribution in [0.3, 0.4) is 0 Å². The fourth-order valence-corrected chi connectivity index (χ4v) is 2.30. The molecule has 0 aliphatic carbocycles. The van der Waals surface area contributed by atoms with Crippen molar-refractivity contribution >= 4 is 27.9 Å². The summed E-state index contributed by atoms with van der Waals surface area (Å²) in [4.78, 5) is 11.1. The van der Waals surface area contributed by atoms with Crippen LogP contribution < -0.4 is 4.74 Å². The van der Waals surface area contributed by atoms with Crippen molar-refractivity contribution in [1.29, 1.82) is 0 Å². The first-order valence-electron chi connectivity index (χ1n) is 6.50. The van der Waals surface area contributed by atoms with Crippen LogP contribution in [0.1, 0.15) is 13.3 Å². The molecule has 0 aliphatic heterocycles. The SMILES string of the molecule is CCC(Oc1cccc2oc3ccccc3c12)C(=O)O. The zero-order chi connectivity index (χ0) is 14.1. The van der Waals surface area contributed by atoms with Crippen molar-refractivity contribution in [2.75, 3.05) is 0 Å². The zero-order valence-corrected chi connectivity index (χ0v) is 11.0. The Morgan fingerprint density at radius 3 is 2.70 bits per heavy atom. The van der Waals surface area contributed by atoms with Crippen LogP contribution in [0.25, 0.3) is 21.9 Å². The lowest BCUT2D eigenvalue weighted by Gasteiger charge is -2.13. The predicted octanol–water partition coefficient (Wildman–Crippen LogP) is 3.83. The fourth-order valence-electron chi connectivity index (χ4n) is 2.30. The molecule has 3 rings (SSSR count). The van der Waals surface area contributed by atoms with Crippen LogP contribution in [0.4, 0.5) is 0 Å². The molecule has 0 aliphatic rings. The summed E-state index contributed by atoms with van der Waals surface area (Å²) in [6.07, 6.45) is -0.448. The van der Waals surface area contributed by atoms with Crippen LogP contribution in [0.15, 0.2) is 46.9 Å². The number of carbonyl (C=O) groups is 1. The summed E-state index contributed by atoms with van der Waals surface area (Å²) in [7, 11) is 0. The van der Waals surface area contributed by atoms with E-state index in [4.69, 9.17) is 14.3 Å². The van der Waals surface area contributed by atoms with Crippen molar-refractivity contribution in [3.05, 3.63) is 42.5 Å². The third-order valence-electron chi connectivity index (χ3n) is 3.28. The molecular formula is C16H14O4. The quantitative estimate of drug-likeness (QED) is 0.782. The molecule has 102 valence electrons. The van der Waals surface area contributed by atoms with Crippen molar-refractivity contribution < 1.29 is 19.1 Å². The van der Waals surface area contributed by atoms with Crippen molar-refractivity contribution in [2.24, 2.45) is 0 Å². The minimum absolute atomic E-state index is 0.404. The largest absolute Gasteiger partial charge is 0.479 e. The summed E-state index contributed by atoms with van der Waals surface area (Å²) in [5, 5.41) is 10.9. The average molecular weight is 270 g/mol. The Balaban J connectivity index is 2.17. The normalized spacial score (nSPS) is 12.7. The molecule has 1 atom stereocenters. The molecule has 0 amide bonds. The molecule has 1 aromatic heterocycles. The highest BCUT2D eigenvalue weighted by molar-refractivity contribution is 6.08. The van der Waals surface area contributed by atoms with Gasteiger partial charge in [0, 0.05) is 5.39 Å². The van der Waals surface area contributed by atoms with Crippen molar-refractivity contribution in [3.8, 4) is 5.75 Å². The van der Waals surface area contributed by atoms with Crippen molar-refractivity contribution in [3.63, 3.8) is 0 Å². The third-order valence-corrected chi connectivity index (χ3v) is 3.28. The predicted molar refractivity (Wildman–Crippen MR) is 76.1 cm³/mol. The molecule has 0 bridgehead atoms. The van der Waals surface area contributed by atoms with Crippen molar-refractivity contribution in [2.45, 2.75) is 19.4 Å². The van der Waals surface area contributed by atoms with Gasteiger partial charge in [-0.15, -0.1) is 0 Å². The highest BCUT2D eigenvalue weighted by Gasteiger charge is 2.19. The number of carboxylic acids is 1. The first kappa shape index (κ1) is 12.5. The summed E-state index contributed by atoms with van der Waals surface area (Å²) >= 11 is 0. The summed E-state index contributed by atoms with van der Waals surface area (Å²) in [5.74, 6) is -0.418. The van der Waals surface area contributed by atoms with Gasteiger partial charge in [-0.25, -0.2) is 4.79 Å². The first-order valence-corrected chi connectivity index (χ1v) is 6.50. The van der Waals surface area contributed by atoms with E-state index in [2.05, 4.69) is 0 Å². The van der Waals surface area contributed by atoms with E-state index in [0.717, 1.165) is 16.4 Å². The summed E-state index contributed by atoms with van der Waals surface area (Å²) in [6.45, 7) is 1.78. The Morgan fingerprint density at radius 2 is 1.95 bits per heavy atom. The monoisotopic (exact) mass is 270 g/mol. The number of hydrogen-bond acceptors (Lipinski definition) is 3. The standard InChI is InChI=1S/C16H14O4/c1-2-11(16(17)18)19-13-8-5-9-14-15(13)10-6-3-4-7-12(10)20-14/h3-9,11H,2H2,1H3,(H,17,18). The van der Waals surface area contributed by atoms with Gasteiger partial charge in [0.2, 0.25) is 0 Å². The van der Waals surface area contributed by atoms with E-state index in [-0.39, 0.29) is 0 Å². The van der Waals surface area contributed by atoms with Gasteiger partial charge in [-0.05, 0) is 24.6 Å². The highest BCUT2D eigenvalue weighted by Crippen LogP contribution is 2.35. The van der Waals surface area contributed by atoms with Gasteiger partial charge in [0.05, 0.1) is 5.39 Å². The van der Waals surface area contributed by atoms with Gasteiger partial charge in [0.1, 0.15) is 16.9 Å². The summed E-state index contributed by atoms with van der Waals surface area (Å²) in [5.41, 5.74) is 1.46. The van der Waals surface area contributed by atoms with E-state index in [1.54, 1.807) is 19.1 Å². The number of benzene rings is 2. The zero-order valence-electron chi connectivity index (χ0n) is 11.0. The van der Waals surface area contributed by atoms with E-state index in [0.29, 0.717) is 17.8 Å². The summed E-state index contributed by atoms with van der Waals surface area (Å²) in [6, 6.07) is 13.1. The second kappa shape index (κ2) is 4.89. The molecule has 0 fully saturated rings. The number of fused-ring (bicyclic) bond motifs is 3. The Bertz CT molecular complexity index is 772. The minimum Gasteiger partial charge on any atom is -0.479 e. The molecular weight excluding hydrogens is 256 g/mol. The average Bonchev–Trinajstić information content (AvgIpc) is 2.83. The molecule has 3 aromatic rings. The van der Waals surface area contributed by atoms with E-state index in [1.165, 1.54) is 0 Å². The van der Waals surface area contributed by atoms with E-state index in [9.17, 15) is 4.79 Å². The van der Waals surface area contributed by atoms with Gasteiger partial charge < -0.3 is 14.3 Å². The number of aliphatic carboxylic acids is 1. The second-order valence-electron chi connectivity index (χ2n) is 4.58. The molecule has 0 saturated carbocycles. The van der Waals surface area contributed by atoms with Crippen LogP contribution in [-0.4, -0.2) is 17.2 Å². The number of para-hydroxylation sites is 1. The fraction of sp³-hybridized carbons (Fsp3) is 0.188. The second-order valence-corrected chi connectivity index (χ2v) is 4.58. The number of ether oxygens (including phenoxy) is 1. The van der Waals surface area contributed by atoms with Gasteiger partial charge in [-0.1, -0.05) is 31.2 Å². The first-order chi connectivity index (χ1) is 9.70. The van der Waals surface area contributed by atoms with Gasteiger partial charge in [-0.2, -0.15) is 0 Å². The van der Waals surface area contributed by atoms with Gasteiger partial charge in [0.15, 0.2) is 6.10 Å². The molecule has 0 radical (unpaired) electrons. The molecule has 20 heavy (non-hydrogen) atoms. The number of furan rings is 1. The van der Waals surface area contributed by atoms with Gasteiger partial charge in [0.25, 0.3) is 0 Å². The van der Waals surface area contributed by atoms with Crippen molar-refractivity contribution in [1.82, 2.24) is 0 Å². The van der Waals surface area contributed by atoms with Crippen LogP contribution in [0.2, 0.25) is 0 Å². The Hall–Kier alpha value is -2.49. The van der Waals surface area contributed by atoms with Gasteiger partial charge >= 0.3 is 5.97 Å².